The zero-order valence-corrected chi connectivity index (χ0v) is 13.6. The molecule has 0 bridgehead atoms. The van der Waals surface area contributed by atoms with Gasteiger partial charge in [0.15, 0.2) is 0 Å². The molecule has 0 amide bonds. The first-order valence-electron chi connectivity index (χ1n) is 7.39. The van der Waals surface area contributed by atoms with Crippen molar-refractivity contribution < 1.29 is 0 Å². The number of aromatic nitrogens is 4. The third-order valence-corrected chi connectivity index (χ3v) is 4.14. The number of benzene rings is 1. The molecule has 0 saturated carbocycles. The van der Waals surface area contributed by atoms with Gasteiger partial charge in [-0.3, -0.25) is 19.0 Å². The van der Waals surface area contributed by atoms with Crippen molar-refractivity contribution in [3.05, 3.63) is 76.6 Å². The second-order valence-corrected chi connectivity index (χ2v) is 5.93. The highest BCUT2D eigenvalue weighted by molar-refractivity contribution is 6.30. The highest BCUT2D eigenvalue weighted by Gasteiger charge is 2.13. The Bertz CT molecular complexity index is 1100. The molecule has 0 aliphatic carbocycles. The fraction of sp³-hybridized carbons (Fsp3) is 0.0556. The first-order chi connectivity index (χ1) is 11.6. The first kappa shape index (κ1) is 14.7. The van der Waals surface area contributed by atoms with E-state index < -0.39 is 0 Å². The number of aryl methyl sites for hydroxylation is 1. The number of hydrogen-bond acceptors (Lipinski definition) is 3. The SMILES string of the molecule is Cn1cc(-c2cn(-c3ccc(Cl)cc3)c(=O)c3cccnc23)cn1. The maximum absolute atomic E-state index is 12.9. The molecule has 24 heavy (non-hydrogen) atoms. The number of rotatable bonds is 2. The van der Waals surface area contributed by atoms with Gasteiger partial charge < -0.3 is 0 Å². The summed E-state index contributed by atoms with van der Waals surface area (Å²) in [5.41, 5.74) is 3.06. The molecule has 4 aromatic rings. The van der Waals surface area contributed by atoms with E-state index in [1.54, 1.807) is 52.1 Å². The van der Waals surface area contributed by atoms with Crippen molar-refractivity contribution in [2.24, 2.45) is 7.05 Å². The Hall–Kier alpha value is -2.92. The van der Waals surface area contributed by atoms with Crippen LogP contribution in [0.15, 0.2) is 66.0 Å². The first-order valence-corrected chi connectivity index (χ1v) is 7.76. The Morgan fingerprint density at radius 1 is 1.08 bits per heavy atom. The fourth-order valence-corrected chi connectivity index (χ4v) is 2.86. The molecule has 0 spiro atoms. The lowest BCUT2D eigenvalue weighted by molar-refractivity contribution is 0.768. The molecule has 3 aromatic heterocycles. The number of pyridine rings is 2. The predicted molar refractivity (Wildman–Crippen MR) is 94.6 cm³/mol. The average Bonchev–Trinajstić information content (AvgIpc) is 3.03. The maximum atomic E-state index is 12.9. The molecule has 118 valence electrons. The predicted octanol–water partition coefficient (Wildman–Crippen LogP) is 3.44. The van der Waals surface area contributed by atoms with Gasteiger partial charge in [0.2, 0.25) is 0 Å². The average molecular weight is 337 g/mol. The second-order valence-electron chi connectivity index (χ2n) is 5.50. The summed E-state index contributed by atoms with van der Waals surface area (Å²) in [6, 6.07) is 10.7. The molecule has 3 heterocycles. The molecule has 0 saturated heterocycles. The largest absolute Gasteiger partial charge is 0.283 e. The highest BCUT2D eigenvalue weighted by Crippen LogP contribution is 2.26. The van der Waals surface area contributed by atoms with Crippen molar-refractivity contribution in [2.75, 3.05) is 0 Å². The van der Waals surface area contributed by atoms with Gasteiger partial charge in [0.1, 0.15) is 0 Å². The van der Waals surface area contributed by atoms with Gasteiger partial charge in [-0.1, -0.05) is 11.6 Å². The minimum atomic E-state index is -0.118. The molecule has 0 unspecified atom stereocenters. The van der Waals surface area contributed by atoms with Crippen molar-refractivity contribution in [2.45, 2.75) is 0 Å². The van der Waals surface area contributed by atoms with E-state index in [2.05, 4.69) is 10.1 Å². The van der Waals surface area contributed by atoms with Crippen molar-refractivity contribution in [1.29, 1.82) is 0 Å². The van der Waals surface area contributed by atoms with Crippen LogP contribution < -0.4 is 5.56 Å². The molecular weight excluding hydrogens is 324 g/mol. The van der Waals surface area contributed by atoms with Crippen molar-refractivity contribution in [1.82, 2.24) is 19.3 Å². The van der Waals surface area contributed by atoms with Crippen molar-refractivity contribution in [3.63, 3.8) is 0 Å². The number of hydrogen-bond donors (Lipinski definition) is 0. The third kappa shape index (κ3) is 2.39. The zero-order chi connectivity index (χ0) is 16.7. The summed E-state index contributed by atoms with van der Waals surface area (Å²) in [5, 5.41) is 5.41. The summed E-state index contributed by atoms with van der Waals surface area (Å²) in [6.07, 6.45) is 7.16. The summed E-state index contributed by atoms with van der Waals surface area (Å²) in [6.45, 7) is 0. The number of fused-ring (bicyclic) bond motifs is 1. The maximum Gasteiger partial charge on any atom is 0.264 e. The van der Waals surface area contributed by atoms with Gasteiger partial charge in [-0.05, 0) is 36.4 Å². The van der Waals surface area contributed by atoms with Crippen LogP contribution in [0, 0.1) is 0 Å². The minimum Gasteiger partial charge on any atom is -0.283 e. The molecule has 5 nitrogen and oxygen atoms in total. The third-order valence-electron chi connectivity index (χ3n) is 3.89. The summed E-state index contributed by atoms with van der Waals surface area (Å²) >= 11 is 5.96. The Morgan fingerprint density at radius 3 is 2.58 bits per heavy atom. The molecular formula is C18H13ClN4O. The fourth-order valence-electron chi connectivity index (χ4n) is 2.74. The van der Waals surface area contributed by atoms with E-state index in [-0.39, 0.29) is 5.56 Å². The standard InChI is InChI=1S/C18H13ClN4O/c1-22-10-12(9-21-22)16-11-23(14-6-4-13(19)5-7-14)18(24)15-3-2-8-20-17(15)16/h2-11H,1H3. The topological polar surface area (TPSA) is 52.7 Å². The van der Waals surface area contributed by atoms with Crippen LogP contribution in [0.1, 0.15) is 0 Å². The van der Waals surface area contributed by atoms with Crippen LogP contribution in [0.5, 0.6) is 0 Å². The van der Waals surface area contributed by atoms with Gasteiger partial charge in [-0.2, -0.15) is 5.10 Å². The van der Waals surface area contributed by atoms with E-state index in [4.69, 9.17) is 11.6 Å². The molecule has 0 aliphatic rings. The molecule has 4 rings (SSSR count). The quantitative estimate of drug-likeness (QED) is 0.563. The lowest BCUT2D eigenvalue weighted by Gasteiger charge is -2.11. The summed E-state index contributed by atoms with van der Waals surface area (Å²) in [7, 11) is 1.86. The van der Waals surface area contributed by atoms with Crippen LogP contribution >= 0.6 is 11.6 Å². The molecule has 0 radical (unpaired) electrons. The van der Waals surface area contributed by atoms with Gasteiger partial charge in [0, 0.05) is 47.5 Å². The van der Waals surface area contributed by atoms with Crippen LogP contribution in [0.25, 0.3) is 27.7 Å². The smallest absolute Gasteiger partial charge is 0.264 e. The van der Waals surface area contributed by atoms with Gasteiger partial charge in [0.05, 0.1) is 17.1 Å². The lowest BCUT2D eigenvalue weighted by atomic mass is 10.1. The molecule has 6 heteroatoms. The Morgan fingerprint density at radius 2 is 1.88 bits per heavy atom. The summed E-state index contributed by atoms with van der Waals surface area (Å²) < 4.78 is 3.34. The zero-order valence-electron chi connectivity index (χ0n) is 12.8. The molecule has 0 fully saturated rings. The Labute approximate surface area is 142 Å². The van der Waals surface area contributed by atoms with Crippen molar-refractivity contribution in [3.8, 4) is 16.8 Å². The van der Waals surface area contributed by atoms with E-state index in [0.717, 1.165) is 16.8 Å². The number of nitrogens with zero attached hydrogens (tertiary/aromatic N) is 4. The van der Waals surface area contributed by atoms with E-state index in [1.807, 2.05) is 25.4 Å². The van der Waals surface area contributed by atoms with Crippen LogP contribution in [0.3, 0.4) is 0 Å². The molecule has 0 N–H and O–H groups in total. The van der Waals surface area contributed by atoms with Crippen LogP contribution in [-0.2, 0) is 7.05 Å². The second kappa shape index (κ2) is 5.62. The van der Waals surface area contributed by atoms with Gasteiger partial charge in [0.25, 0.3) is 5.56 Å². The van der Waals surface area contributed by atoms with Crippen molar-refractivity contribution >= 4 is 22.5 Å². The monoisotopic (exact) mass is 336 g/mol. The normalized spacial score (nSPS) is 11.1. The van der Waals surface area contributed by atoms with Gasteiger partial charge in [-0.15, -0.1) is 0 Å². The van der Waals surface area contributed by atoms with E-state index in [1.165, 1.54) is 0 Å². The van der Waals surface area contributed by atoms with Gasteiger partial charge >= 0.3 is 0 Å². The molecule has 1 aromatic carbocycles. The van der Waals surface area contributed by atoms with E-state index in [9.17, 15) is 4.79 Å². The minimum absolute atomic E-state index is 0.118. The van der Waals surface area contributed by atoms with Crippen LogP contribution in [-0.4, -0.2) is 19.3 Å². The molecule has 0 atom stereocenters. The number of halogens is 1. The highest BCUT2D eigenvalue weighted by atomic mass is 35.5. The Kier molecular flexibility index (Phi) is 3.43. The van der Waals surface area contributed by atoms with Crippen LogP contribution in [0.4, 0.5) is 0 Å². The summed E-state index contributed by atoms with van der Waals surface area (Å²) in [5.74, 6) is 0. The van der Waals surface area contributed by atoms with Crippen LogP contribution in [0.2, 0.25) is 5.02 Å². The Balaban J connectivity index is 2.07. The van der Waals surface area contributed by atoms with E-state index >= 15 is 0 Å². The summed E-state index contributed by atoms with van der Waals surface area (Å²) in [4.78, 5) is 17.3. The van der Waals surface area contributed by atoms with E-state index in [0.29, 0.717) is 15.9 Å². The lowest BCUT2D eigenvalue weighted by Crippen LogP contribution is -2.18. The van der Waals surface area contributed by atoms with Gasteiger partial charge in [-0.25, -0.2) is 0 Å². The molecule has 0 aliphatic heterocycles.